The van der Waals surface area contributed by atoms with Crippen LogP contribution in [0.3, 0.4) is 0 Å². The molecule has 2 rings (SSSR count). The molecule has 2 heterocycles. The highest BCUT2D eigenvalue weighted by Gasteiger charge is 2.15. The van der Waals surface area contributed by atoms with E-state index in [1.807, 2.05) is 0 Å². The Hall–Kier alpha value is -3.01. The van der Waals surface area contributed by atoms with Gasteiger partial charge >= 0.3 is 0 Å². The second-order valence-electron chi connectivity index (χ2n) is 6.39. The molecule has 1 aromatic heterocycles. The van der Waals surface area contributed by atoms with Crippen LogP contribution in [0, 0.1) is 0 Å². The quantitative estimate of drug-likeness (QED) is 0.371. The Bertz CT molecular complexity index is 669. The van der Waals surface area contributed by atoms with Gasteiger partial charge in [0, 0.05) is 26.2 Å². The van der Waals surface area contributed by atoms with E-state index < -0.39 is 17.9 Å². The Balaban J connectivity index is 1.99. The van der Waals surface area contributed by atoms with Crippen LogP contribution >= 0.6 is 0 Å². The maximum absolute atomic E-state index is 12.1. The largest absolute Gasteiger partial charge is 0.392 e. The van der Waals surface area contributed by atoms with E-state index in [-0.39, 0.29) is 36.0 Å². The fourth-order valence-electron chi connectivity index (χ4n) is 2.55. The van der Waals surface area contributed by atoms with Gasteiger partial charge in [0.2, 0.25) is 11.8 Å². The van der Waals surface area contributed by atoms with Crippen molar-refractivity contribution in [1.82, 2.24) is 26.3 Å². The number of aromatic nitrogens is 1. The normalized spacial score (nSPS) is 19.0. The summed E-state index contributed by atoms with van der Waals surface area (Å²) < 4.78 is 0. The minimum absolute atomic E-state index is 0.126. The average molecular weight is 391 g/mol. The minimum Gasteiger partial charge on any atom is -0.392 e. The summed E-state index contributed by atoms with van der Waals surface area (Å²) in [5, 5.41) is 20.4. The highest BCUT2D eigenvalue weighted by atomic mass is 16.3. The topological polar surface area (TPSA) is 150 Å². The standard InChI is InChI=1S/C18H25N5O5/c24-12-10-15(25)19-6-2-8-21-17(27)13-4-1-5-14(23-13)18(28)22-9-3-7-20-16(26)11-12/h1,4-5,12,24H,2-3,6-11H2,(H,19,25)(H,20,26)(H,21,27)(H,22,28). The van der Waals surface area contributed by atoms with Crippen molar-refractivity contribution in [3.8, 4) is 0 Å². The van der Waals surface area contributed by atoms with Crippen LogP contribution in [0.2, 0.25) is 0 Å². The zero-order valence-electron chi connectivity index (χ0n) is 15.5. The van der Waals surface area contributed by atoms with Crippen LogP contribution in [0.4, 0.5) is 0 Å². The van der Waals surface area contributed by atoms with Gasteiger partial charge in [0.05, 0.1) is 18.9 Å². The number of amides is 4. The number of aliphatic hydroxyl groups is 1. The number of rotatable bonds is 0. The summed E-state index contributed by atoms with van der Waals surface area (Å²) in [6.45, 7) is 1.24. The van der Waals surface area contributed by atoms with E-state index in [2.05, 4.69) is 26.3 Å². The van der Waals surface area contributed by atoms with E-state index >= 15 is 0 Å². The van der Waals surface area contributed by atoms with Crippen LogP contribution in [-0.4, -0.2) is 66.0 Å². The maximum Gasteiger partial charge on any atom is 0.269 e. The van der Waals surface area contributed by atoms with Gasteiger partial charge in [-0.25, -0.2) is 4.98 Å². The summed E-state index contributed by atoms with van der Waals surface area (Å²) in [6, 6.07) is 4.60. The molecule has 2 bridgehead atoms. The SMILES string of the molecule is O=C1CC(O)CC(=O)NCCCNC(=O)c2cccc(n2)C(=O)NCCCN1. The third kappa shape index (κ3) is 7.31. The summed E-state index contributed by atoms with van der Waals surface area (Å²) >= 11 is 0. The van der Waals surface area contributed by atoms with E-state index in [0.29, 0.717) is 39.0 Å². The van der Waals surface area contributed by atoms with Gasteiger partial charge in [-0.2, -0.15) is 0 Å². The van der Waals surface area contributed by atoms with E-state index in [9.17, 15) is 24.3 Å². The molecule has 1 aromatic rings. The number of pyridine rings is 1. The van der Waals surface area contributed by atoms with Crippen LogP contribution in [0.5, 0.6) is 0 Å². The Kier molecular flexibility index (Phi) is 8.35. The highest BCUT2D eigenvalue weighted by Crippen LogP contribution is 2.01. The van der Waals surface area contributed by atoms with Gasteiger partial charge in [0.15, 0.2) is 0 Å². The number of carbonyl (C=O) groups excluding carboxylic acids is 4. The van der Waals surface area contributed by atoms with Crippen LogP contribution in [0.15, 0.2) is 18.2 Å². The molecule has 0 saturated heterocycles. The van der Waals surface area contributed by atoms with Gasteiger partial charge in [-0.3, -0.25) is 19.2 Å². The predicted octanol–water partition coefficient (Wildman–Crippen LogP) is -1.29. The van der Waals surface area contributed by atoms with Crippen molar-refractivity contribution >= 4 is 23.6 Å². The first kappa shape index (κ1) is 21.3. The third-order valence-corrected chi connectivity index (χ3v) is 3.98. The fourth-order valence-corrected chi connectivity index (χ4v) is 2.55. The Morgan fingerprint density at radius 2 is 1.18 bits per heavy atom. The van der Waals surface area contributed by atoms with Gasteiger partial charge < -0.3 is 26.4 Å². The van der Waals surface area contributed by atoms with E-state index in [1.54, 1.807) is 6.07 Å². The second-order valence-corrected chi connectivity index (χ2v) is 6.39. The number of nitrogens with zero attached hydrogens (tertiary/aromatic N) is 1. The molecule has 4 amide bonds. The lowest BCUT2D eigenvalue weighted by Gasteiger charge is -2.12. The zero-order chi connectivity index (χ0) is 20.4. The lowest BCUT2D eigenvalue weighted by atomic mass is 10.1. The third-order valence-electron chi connectivity index (χ3n) is 3.98. The van der Waals surface area contributed by atoms with Crippen LogP contribution < -0.4 is 21.3 Å². The van der Waals surface area contributed by atoms with Gasteiger partial charge in [0.25, 0.3) is 11.8 Å². The molecule has 1 aliphatic rings. The van der Waals surface area contributed by atoms with Crippen molar-refractivity contribution in [2.75, 3.05) is 26.2 Å². The second kappa shape index (κ2) is 11.0. The Labute approximate surface area is 162 Å². The summed E-state index contributed by atoms with van der Waals surface area (Å²) in [6.07, 6.45) is -0.456. The van der Waals surface area contributed by atoms with Crippen molar-refractivity contribution in [2.24, 2.45) is 0 Å². The molecule has 0 aromatic carbocycles. The lowest BCUT2D eigenvalue weighted by Crippen LogP contribution is -2.35. The molecular weight excluding hydrogens is 366 g/mol. The molecule has 0 unspecified atom stereocenters. The zero-order valence-corrected chi connectivity index (χ0v) is 15.5. The first-order valence-electron chi connectivity index (χ1n) is 9.20. The van der Waals surface area contributed by atoms with Crippen LogP contribution in [-0.2, 0) is 9.59 Å². The first-order valence-corrected chi connectivity index (χ1v) is 9.20. The molecule has 0 atom stereocenters. The fraction of sp³-hybridized carbons (Fsp3) is 0.500. The van der Waals surface area contributed by atoms with E-state index in [4.69, 9.17) is 0 Å². The molecule has 0 saturated carbocycles. The van der Waals surface area contributed by atoms with Gasteiger partial charge in [0.1, 0.15) is 11.4 Å². The van der Waals surface area contributed by atoms with Crippen molar-refractivity contribution in [2.45, 2.75) is 31.8 Å². The summed E-state index contributed by atoms with van der Waals surface area (Å²) in [4.78, 5) is 51.8. The number of hydrogen-bond donors (Lipinski definition) is 5. The van der Waals surface area contributed by atoms with E-state index in [1.165, 1.54) is 12.1 Å². The van der Waals surface area contributed by atoms with Gasteiger partial charge in [-0.15, -0.1) is 0 Å². The maximum atomic E-state index is 12.1. The number of carbonyl (C=O) groups is 4. The van der Waals surface area contributed by atoms with Crippen molar-refractivity contribution in [3.05, 3.63) is 29.6 Å². The van der Waals surface area contributed by atoms with Crippen LogP contribution in [0.25, 0.3) is 0 Å². The molecule has 0 radical (unpaired) electrons. The molecular formula is C18H25N5O5. The lowest BCUT2D eigenvalue weighted by molar-refractivity contribution is -0.125. The summed E-state index contributed by atoms with van der Waals surface area (Å²) in [5.74, 6) is -1.54. The average Bonchev–Trinajstić information content (AvgIpc) is 2.66. The summed E-state index contributed by atoms with van der Waals surface area (Å²) in [7, 11) is 0. The molecule has 10 nitrogen and oxygen atoms in total. The molecule has 0 aliphatic carbocycles. The van der Waals surface area contributed by atoms with Crippen molar-refractivity contribution in [1.29, 1.82) is 0 Å². The molecule has 152 valence electrons. The Morgan fingerprint density at radius 1 is 0.750 bits per heavy atom. The first-order chi connectivity index (χ1) is 13.5. The number of hydrogen-bond acceptors (Lipinski definition) is 6. The van der Waals surface area contributed by atoms with Crippen LogP contribution in [0.1, 0.15) is 46.7 Å². The molecule has 5 N–H and O–H groups in total. The number of aliphatic hydroxyl groups excluding tert-OH is 1. The van der Waals surface area contributed by atoms with Gasteiger partial charge in [-0.05, 0) is 25.0 Å². The minimum atomic E-state index is -1.07. The molecule has 10 heteroatoms. The van der Waals surface area contributed by atoms with Crippen molar-refractivity contribution < 1.29 is 24.3 Å². The van der Waals surface area contributed by atoms with E-state index in [0.717, 1.165) is 0 Å². The van der Waals surface area contributed by atoms with Gasteiger partial charge in [-0.1, -0.05) is 6.07 Å². The molecule has 1 aliphatic heterocycles. The highest BCUT2D eigenvalue weighted by molar-refractivity contribution is 5.96. The molecule has 0 fully saturated rings. The predicted molar refractivity (Wildman–Crippen MR) is 99.4 cm³/mol. The molecule has 0 spiro atoms. The Morgan fingerprint density at radius 3 is 1.64 bits per heavy atom. The number of nitrogens with one attached hydrogen (secondary N) is 4. The molecule has 28 heavy (non-hydrogen) atoms. The smallest absolute Gasteiger partial charge is 0.269 e. The van der Waals surface area contributed by atoms with Crippen molar-refractivity contribution in [3.63, 3.8) is 0 Å². The monoisotopic (exact) mass is 391 g/mol. The number of fused-ring (bicyclic) bond motifs is 2. The summed E-state index contributed by atoms with van der Waals surface area (Å²) in [5.41, 5.74) is 0.253.